The van der Waals surface area contributed by atoms with Gasteiger partial charge in [0.15, 0.2) is 0 Å². The van der Waals surface area contributed by atoms with Gasteiger partial charge in [0.1, 0.15) is 5.82 Å². The molecule has 2 heterocycles. The number of carbonyl (C=O) groups excluding carboxylic acids is 2. The van der Waals surface area contributed by atoms with Gasteiger partial charge in [-0.2, -0.15) is 0 Å². The standard InChI is InChI=1S/C25H34FN3O3/c26-21-15-18(27-23(31)17-3-1-4-17)5-10-22(21)28-13-2-11-25(16-28)12-14-29(24(25)32)19-6-8-20(30)9-7-19/h5,10,15,17,19-20,30H,1-4,6-9,11-14,16H2,(H,27,31)/t19-,20-,25?. The van der Waals surface area contributed by atoms with E-state index in [2.05, 4.69) is 5.32 Å². The molecule has 1 unspecified atom stereocenters. The summed E-state index contributed by atoms with van der Waals surface area (Å²) < 4.78 is 15.0. The normalized spacial score (nSPS) is 31.1. The molecule has 2 aliphatic carbocycles. The number of carbonyl (C=O) groups is 2. The lowest BCUT2D eigenvalue weighted by Crippen LogP contribution is -2.50. The Bertz CT molecular complexity index is 881. The summed E-state index contributed by atoms with van der Waals surface area (Å²) in [4.78, 5) is 29.7. The maximum Gasteiger partial charge on any atom is 0.230 e. The minimum Gasteiger partial charge on any atom is -0.393 e. The van der Waals surface area contributed by atoms with Gasteiger partial charge < -0.3 is 20.2 Å². The van der Waals surface area contributed by atoms with Crippen LogP contribution in [0.25, 0.3) is 0 Å². The lowest BCUT2D eigenvalue weighted by molar-refractivity contribution is -0.139. The second-order valence-corrected chi connectivity index (χ2v) is 10.3. The molecule has 0 aromatic heterocycles. The first-order valence-electron chi connectivity index (χ1n) is 12.3. The first-order chi connectivity index (χ1) is 15.4. The van der Waals surface area contributed by atoms with E-state index in [0.717, 1.165) is 77.3 Å². The van der Waals surface area contributed by atoms with Crippen molar-refractivity contribution in [2.45, 2.75) is 76.4 Å². The molecular weight excluding hydrogens is 409 g/mol. The average molecular weight is 444 g/mol. The number of hydrogen-bond donors (Lipinski definition) is 2. The van der Waals surface area contributed by atoms with Gasteiger partial charge in [-0.15, -0.1) is 0 Å². The van der Waals surface area contributed by atoms with Crippen LogP contribution in [0.1, 0.15) is 64.2 Å². The summed E-state index contributed by atoms with van der Waals surface area (Å²) >= 11 is 0. The second-order valence-electron chi connectivity index (χ2n) is 10.3. The molecule has 5 rings (SSSR count). The van der Waals surface area contributed by atoms with Crippen molar-refractivity contribution in [2.24, 2.45) is 11.3 Å². The van der Waals surface area contributed by atoms with E-state index in [-0.39, 0.29) is 35.7 Å². The Hall–Kier alpha value is -2.15. The highest BCUT2D eigenvalue weighted by molar-refractivity contribution is 5.93. The number of amides is 2. The number of piperidine rings is 1. The van der Waals surface area contributed by atoms with Gasteiger partial charge in [-0.3, -0.25) is 9.59 Å². The lowest BCUT2D eigenvalue weighted by atomic mass is 9.78. The number of anilines is 2. The van der Waals surface area contributed by atoms with E-state index in [1.54, 1.807) is 12.1 Å². The second kappa shape index (κ2) is 8.65. The van der Waals surface area contributed by atoms with Crippen LogP contribution in [-0.2, 0) is 9.59 Å². The minimum atomic E-state index is -0.433. The Balaban J connectivity index is 1.26. The smallest absolute Gasteiger partial charge is 0.230 e. The molecule has 2 N–H and O–H groups in total. The Kier molecular flexibility index (Phi) is 5.86. The van der Waals surface area contributed by atoms with Gasteiger partial charge in [0.25, 0.3) is 0 Å². The van der Waals surface area contributed by atoms with Crippen molar-refractivity contribution in [1.82, 2.24) is 4.90 Å². The minimum absolute atomic E-state index is 0.0211. The summed E-state index contributed by atoms with van der Waals surface area (Å²) in [6, 6.07) is 5.15. The molecule has 2 aliphatic heterocycles. The van der Waals surface area contributed by atoms with Crippen molar-refractivity contribution in [1.29, 1.82) is 0 Å². The van der Waals surface area contributed by atoms with E-state index in [4.69, 9.17) is 0 Å². The highest BCUT2D eigenvalue weighted by atomic mass is 19.1. The third-order valence-corrected chi connectivity index (χ3v) is 8.26. The van der Waals surface area contributed by atoms with Gasteiger partial charge in [0.2, 0.25) is 11.8 Å². The first kappa shape index (κ1) is 21.7. The van der Waals surface area contributed by atoms with Gasteiger partial charge in [-0.25, -0.2) is 4.39 Å². The van der Waals surface area contributed by atoms with Crippen LogP contribution < -0.4 is 10.2 Å². The summed E-state index contributed by atoms with van der Waals surface area (Å²) in [6.45, 7) is 2.04. The number of aliphatic hydroxyl groups excluding tert-OH is 1. The predicted molar refractivity (Wildman–Crippen MR) is 121 cm³/mol. The molecule has 1 spiro atoms. The van der Waals surface area contributed by atoms with E-state index in [1.807, 2.05) is 9.80 Å². The van der Waals surface area contributed by atoms with Crippen molar-refractivity contribution in [2.75, 3.05) is 29.9 Å². The Labute approximate surface area is 189 Å². The van der Waals surface area contributed by atoms with Crippen molar-refractivity contribution < 1.29 is 19.1 Å². The SMILES string of the molecule is O=C(Nc1ccc(N2CCCC3(CCN([C@H]4CC[C@H](O)CC4)C3=O)C2)c(F)c1)C1CCC1. The topological polar surface area (TPSA) is 72.9 Å². The molecule has 174 valence electrons. The number of likely N-dealkylation sites (tertiary alicyclic amines) is 1. The van der Waals surface area contributed by atoms with Gasteiger partial charge >= 0.3 is 0 Å². The monoisotopic (exact) mass is 443 g/mol. The van der Waals surface area contributed by atoms with E-state index in [9.17, 15) is 14.7 Å². The number of benzene rings is 1. The number of hydrogen-bond acceptors (Lipinski definition) is 4. The Morgan fingerprint density at radius 3 is 2.53 bits per heavy atom. The van der Waals surface area contributed by atoms with E-state index in [0.29, 0.717) is 17.9 Å². The van der Waals surface area contributed by atoms with Gasteiger partial charge in [-0.1, -0.05) is 6.42 Å². The van der Waals surface area contributed by atoms with Crippen LogP contribution in [-0.4, -0.2) is 53.6 Å². The van der Waals surface area contributed by atoms with Crippen LogP contribution in [0.3, 0.4) is 0 Å². The summed E-state index contributed by atoms with van der Waals surface area (Å²) in [5.74, 6) is -0.0962. The van der Waals surface area contributed by atoms with Crippen LogP contribution in [0.15, 0.2) is 18.2 Å². The maximum atomic E-state index is 15.0. The number of rotatable bonds is 4. The highest BCUT2D eigenvalue weighted by Gasteiger charge is 2.50. The Morgan fingerprint density at radius 1 is 1.06 bits per heavy atom. The summed E-state index contributed by atoms with van der Waals surface area (Å²) in [7, 11) is 0. The summed E-state index contributed by atoms with van der Waals surface area (Å²) in [6.07, 6.45) is 8.49. The number of nitrogens with zero attached hydrogens (tertiary/aromatic N) is 2. The number of aliphatic hydroxyl groups is 1. The molecule has 1 atom stereocenters. The van der Waals surface area contributed by atoms with Crippen LogP contribution >= 0.6 is 0 Å². The van der Waals surface area contributed by atoms with Gasteiger partial charge in [0, 0.05) is 37.3 Å². The molecule has 4 fully saturated rings. The van der Waals surface area contributed by atoms with Crippen molar-refractivity contribution in [3.8, 4) is 0 Å². The fraction of sp³-hybridized carbons (Fsp3) is 0.680. The number of nitrogens with one attached hydrogen (secondary N) is 1. The van der Waals surface area contributed by atoms with Crippen molar-refractivity contribution in [3.63, 3.8) is 0 Å². The van der Waals surface area contributed by atoms with Crippen LogP contribution in [0.4, 0.5) is 15.8 Å². The van der Waals surface area contributed by atoms with E-state index >= 15 is 4.39 Å². The van der Waals surface area contributed by atoms with Crippen molar-refractivity contribution >= 4 is 23.2 Å². The molecule has 7 heteroatoms. The van der Waals surface area contributed by atoms with Crippen molar-refractivity contribution in [3.05, 3.63) is 24.0 Å². The fourth-order valence-electron chi connectivity index (χ4n) is 6.04. The zero-order valence-electron chi connectivity index (χ0n) is 18.7. The maximum absolute atomic E-state index is 15.0. The molecule has 2 saturated heterocycles. The van der Waals surface area contributed by atoms with E-state index < -0.39 is 5.41 Å². The molecule has 0 bridgehead atoms. The highest BCUT2D eigenvalue weighted by Crippen LogP contribution is 2.44. The van der Waals surface area contributed by atoms with Crippen LogP contribution in [0.5, 0.6) is 0 Å². The largest absolute Gasteiger partial charge is 0.393 e. The molecule has 2 amide bonds. The fourth-order valence-corrected chi connectivity index (χ4v) is 6.04. The summed E-state index contributed by atoms with van der Waals surface area (Å²) in [5, 5.41) is 12.6. The molecule has 6 nitrogen and oxygen atoms in total. The molecule has 1 aromatic carbocycles. The van der Waals surface area contributed by atoms with Gasteiger partial charge in [0.05, 0.1) is 17.2 Å². The molecule has 4 aliphatic rings. The number of halogens is 1. The lowest BCUT2D eigenvalue weighted by Gasteiger charge is -2.41. The van der Waals surface area contributed by atoms with E-state index in [1.165, 1.54) is 6.07 Å². The molecule has 2 saturated carbocycles. The zero-order valence-corrected chi connectivity index (χ0v) is 18.7. The molecule has 1 aromatic rings. The van der Waals surface area contributed by atoms with Gasteiger partial charge in [-0.05, 0) is 76.0 Å². The molecule has 0 radical (unpaired) electrons. The predicted octanol–water partition coefficient (Wildman–Crippen LogP) is 3.69. The van der Waals surface area contributed by atoms with Crippen LogP contribution in [0, 0.1) is 17.2 Å². The average Bonchev–Trinajstić information content (AvgIpc) is 3.03. The third-order valence-electron chi connectivity index (χ3n) is 8.26. The summed E-state index contributed by atoms with van der Waals surface area (Å²) in [5.41, 5.74) is 0.577. The zero-order chi connectivity index (χ0) is 22.3. The van der Waals surface area contributed by atoms with Crippen LogP contribution in [0.2, 0.25) is 0 Å². The molecular formula is C25H34FN3O3. The first-order valence-corrected chi connectivity index (χ1v) is 12.3. The molecule has 32 heavy (non-hydrogen) atoms. The quantitative estimate of drug-likeness (QED) is 0.745. The third kappa shape index (κ3) is 4.00. The Morgan fingerprint density at radius 2 is 1.84 bits per heavy atom.